The molecule has 0 saturated heterocycles. The van der Waals surface area contributed by atoms with E-state index in [-0.39, 0.29) is 5.91 Å². The van der Waals surface area contributed by atoms with Crippen molar-refractivity contribution in [3.8, 4) is 5.88 Å². The molecule has 2 heterocycles. The monoisotopic (exact) mass is 286 g/mol. The first-order valence-electron chi connectivity index (χ1n) is 6.74. The second kappa shape index (κ2) is 7.23. The number of anilines is 2. The van der Waals surface area contributed by atoms with Crippen LogP contribution in [0.3, 0.4) is 0 Å². The minimum Gasteiger partial charge on any atom is -0.481 e. The summed E-state index contributed by atoms with van der Waals surface area (Å²) in [6.45, 7) is 2.94. The zero-order valence-corrected chi connectivity index (χ0v) is 12.1. The first-order valence-corrected chi connectivity index (χ1v) is 6.74. The normalized spacial score (nSPS) is 10.0. The van der Waals surface area contributed by atoms with E-state index < -0.39 is 0 Å². The summed E-state index contributed by atoms with van der Waals surface area (Å²) in [5.74, 6) is 0.221. The lowest BCUT2D eigenvalue weighted by atomic mass is 10.3. The van der Waals surface area contributed by atoms with Crippen LogP contribution in [0.2, 0.25) is 0 Å². The number of aromatic nitrogens is 2. The van der Waals surface area contributed by atoms with Gasteiger partial charge in [-0.05, 0) is 24.6 Å². The van der Waals surface area contributed by atoms with Crippen molar-refractivity contribution in [2.45, 2.75) is 13.3 Å². The highest BCUT2D eigenvalue weighted by atomic mass is 16.5. The number of amides is 1. The van der Waals surface area contributed by atoms with Crippen molar-refractivity contribution in [3.63, 3.8) is 0 Å². The van der Waals surface area contributed by atoms with E-state index in [0.29, 0.717) is 17.3 Å². The van der Waals surface area contributed by atoms with Gasteiger partial charge in [0.15, 0.2) is 0 Å². The Labute approximate surface area is 123 Å². The van der Waals surface area contributed by atoms with Crippen molar-refractivity contribution in [3.05, 3.63) is 42.4 Å². The molecule has 0 aliphatic rings. The molecule has 110 valence electrons. The van der Waals surface area contributed by atoms with Gasteiger partial charge in [0.05, 0.1) is 19.0 Å². The van der Waals surface area contributed by atoms with Gasteiger partial charge in [0.1, 0.15) is 5.69 Å². The van der Waals surface area contributed by atoms with Gasteiger partial charge in [-0.15, -0.1) is 0 Å². The van der Waals surface area contributed by atoms with Crippen molar-refractivity contribution < 1.29 is 9.53 Å². The summed E-state index contributed by atoms with van der Waals surface area (Å²) in [6.07, 6.45) is 4.16. The molecule has 1 amide bonds. The van der Waals surface area contributed by atoms with E-state index in [0.717, 1.165) is 18.7 Å². The highest BCUT2D eigenvalue weighted by Crippen LogP contribution is 2.13. The first-order chi connectivity index (χ1) is 10.2. The quantitative estimate of drug-likeness (QED) is 0.853. The molecule has 0 aliphatic carbocycles. The molecule has 0 atom stereocenters. The Morgan fingerprint density at radius 3 is 2.76 bits per heavy atom. The van der Waals surface area contributed by atoms with Crippen LogP contribution in [0, 0.1) is 0 Å². The van der Waals surface area contributed by atoms with Gasteiger partial charge >= 0.3 is 0 Å². The van der Waals surface area contributed by atoms with Gasteiger partial charge in [-0.25, -0.2) is 4.98 Å². The van der Waals surface area contributed by atoms with Crippen LogP contribution in [0.1, 0.15) is 23.8 Å². The number of ether oxygens (including phenoxy) is 1. The molecule has 2 N–H and O–H groups in total. The molecule has 0 unspecified atom stereocenters. The average molecular weight is 286 g/mol. The van der Waals surface area contributed by atoms with E-state index in [9.17, 15) is 4.79 Å². The molecule has 0 aromatic carbocycles. The maximum atomic E-state index is 12.1. The molecule has 0 bridgehead atoms. The van der Waals surface area contributed by atoms with Crippen LogP contribution in [0.15, 0.2) is 36.7 Å². The number of methoxy groups -OCH3 is 1. The van der Waals surface area contributed by atoms with E-state index >= 15 is 0 Å². The summed E-state index contributed by atoms with van der Waals surface area (Å²) < 4.78 is 4.97. The fourth-order valence-electron chi connectivity index (χ4n) is 1.70. The number of hydrogen-bond donors (Lipinski definition) is 2. The Balaban J connectivity index is 2.05. The summed E-state index contributed by atoms with van der Waals surface area (Å²) >= 11 is 0. The minimum atomic E-state index is -0.276. The van der Waals surface area contributed by atoms with E-state index in [1.165, 1.54) is 6.20 Å². The molecule has 0 aliphatic heterocycles. The lowest BCUT2D eigenvalue weighted by molar-refractivity contribution is 0.102. The van der Waals surface area contributed by atoms with Crippen LogP contribution in [0.25, 0.3) is 0 Å². The largest absolute Gasteiger partial charge is 0.481 e. The maximum Gasteiger partial charge on any atom is 0.274 e. The Morgan fingerprint density at radius 2 is 2.10 bits per heavy atom. The topological polar surface area (TPSA) is 76.1 Å². The molecule has 6 heteroatoms. The van der Waals surface area contributed by atoms with Crippen molar-refractivity contribution in [2.75, 3.05) is 24.3 Å². The van der Waals surface area contributed by atoms with Gasteiger partial charge in [0.2, 0.25) is 5.88 Å². The van der Waals surface area contributed by atoms with Crippen LogP contribution in [0.5, 0.6) is 5.88 Å². The third kappa shape index (κ3) is 4.17. The summed E-state index contributed by atoms with van der Waals surface area (Å²) in [5, 5.41) is 5.97. The molecule has 2 rings (SSSR count). The third-order valence-corrected chi connectivity index (χ3v) is 2.78. The Bertz CT molecular complexity index is 599. The zero-order chi connectivity index (χ0) is 15.1. The lowest BCUT2D eigenvalue weighted by Crippen LogP contribution is -2.14. The van der Waals surface area contributed by atoms with Crippen LogP contribution in [0.4, 0.5) is 11.4 Å². The molecule has 2 aromatic rings. The highest BCUT2D eigenvalue weighted by molar-refractivity contribution is 6.03. The molecule has 2 aromatic heterocycles. The second-order valence-electron chi connectivity index (χ2n) is 4.40. The van der Waals surface area contributed by atoms with Crippen LogP contribution < -0.4 is 15.4 Å². The standard InChI is InChI=1S/C15H18N4O2/c1-3-7-16-11-6-8-17-13(9-11)15(20)19-12-4-5-14(21-2)18-10-12/h4-6,8-10H,3,7H2,1-2H3,(H,16,17)(H,19,20). The fourth-order valence-corrected chi connectivity index (χ4v) is 1.70. The zero-order valence-electron chi connectivity index (χ0n) is 12.1. The first kappa shape index (κ1) is 14.8. The van der Waals surface area contributed by atoms with Crippen molar-refractivity contribution in [1.29, 1.82) is 0 Å². The lowest BCUT2D eigenvalue weighted by Gasteiger charge is -2.08. The van der Waals surface area contributed by atoms with Gasteiger partial charge in [-0.1, -0.05) is 6.92 Å². The fraction of sp³-hybridized carbons (Fsp3) is 0.267. The third-order valence-electron chi connectivity index (χ3n) is 2.78. The highest BCUT2D eigenvalue weighted by Gasteiger charge is 2.08. The van der Waals surface area contributed by atoms with Gasteiger partial charge in [-0.3, -0.25) is 9.78 Å². The van der Waals surface area contributed by atoms with Crippen molar-refractivity contribution in [1.82, 2.24) is 9.97 Å². The summed E-state index contributed by atoms with van der Waals surface area (Å²) in [4.78, 5) is 20.2. The maximum absolute atomic E-state index is 12.1. The van der Waals surface area contributed by atoms with Crippen LogP contribution in [-0.2, 0) is 0 Å². The average Bonchev–Trinajstić information content (AvgIpc) is 2.54. The molecule has 0 saturated carbocycles. The Morgan fingerprint density at radius 1 is 1.24 bits per heavy atom. The number of nitrogens with one attached hydrogen (secondary N) is 2. The van der Waals surface area contributed by atoms with Crippen LogP contribution >= 0.6 is 0 Å². The number of nitrogens with zero attached hydrogens (tertiary/aromatic N) is 2. The van der Waals surface area contributed by atoms with Gasteiger partial charge in [0.25, 0.3) is 5.91 Å². The molecular formula is C15H18N4O2. The van der Waals surface area contributed by atoms with Gasteiger partial charge < -0.3 is 15.4 Å². The Kier molecular flexibility index (Phi) is 5.09. The Hall–Kier alpha value is -2.63. The van der Waals surface area contributed by atoms with E-state index in [1.54, 1.807) is 31.5 Å². The summed E-state index contributed by atoms with van der Waals surface area (Å²) in [6, 6.07) is 6.97. The number of rotatable bonds is 6. The van der Waals surface area contributed by atoms with E-state index in [2.05, 4.69) is 27.5 Å². The van der Waals surface area contributed by atoms with Crippen LogP contribution in [-0.4, -0.2) is 29.5 Å². The smallest absolute Gasteiger partial charge is 0.274 e. The molecule has 0 radical (unpaired) electrons. The predicted molar refractivity (Wildman–Crippen MR) is 81.8 cm³/mol. The number of hydrogen-bond acceptors (Lipinski definition) is 5. The van der Waals surface area contributed by atoms with Gasteiger partial charge in [0, 0.05) is 24.5 Å². The SMILES string of the molecule is CCCNc1ccnc(C(=O)Nc2ccc(OC)nc2)c1. The number of carbonyl (C=O) groups excluding carboxylic acids is 1. The number of pyridine rings is 2. The minimum absolute atomic E-state index is 0.276. The van der Waals surface area contributed by atoms with E-state index in [1.807, 2.05) is 6.07 Å². The van der Waals surface area contributed by atoms with Crippen molar-refractivity contribution >= 4 is 17.3 Å². The second-order valence-corrected chi connectivity index (χ2v) is 4.40. The molecule has 0 fully saturated rings. The molecule has 6 nitrogen and oxygen atoms in total. The number of carbonyl (C=O) groups is 1. The van der Waals surface area contributed by atoms with E-state index in [4.69, 9.17) is 4.74 Å². The molecular weight excluding hydrogens is 268 g/mol. The van der Waals surface area contributed by atoms with Gasteiger partial charge in [-0.2, -0.15) is 0 Å². The summed E-state index contributed by atoms with van der Waals surface area (Å²) in [7, 11) is 1.54. The molecule has 0 spiro atoms. The van der Waals surface area contributed by atoms with Crippen molar-refractivity contribution in [2.24, 2.45) is 0 Å². The molecule has 21 heavy (non-hydrogen) atoms. The predicted octanol–water partition coefficient (Wildman–Crippen LogP) is 2.56. The summed E-state index contributed by atoms with van der Waals surface area (Å²) in [5.41, 5.74) is 1.83.